The molecule has 4 heterocycles. The van der Waals surface area contributed by atoms with Crippen LogP contribution in [0.25, 0.3) is 21.6 Å². The molecule has 3 amide bonds. The zero-order valence-electron chi connectivity index (χ0n) is 23.1. The SMILES string of the molecule is C[C@@H]1NC(=O)CCCN(Cc2cnc(-c3cccs3)nc2)CCCNC(=O)[C@@H](Cc2c[nH]c3ccccc23)NC1=O. The first kappa shape index (κ1) is 28.4. The van der Waals surface area contributed by atoms with E-state index in [4.69, 9.17) is 0 Å². The molecule has 0 saturated carbocycles. The summed E-state index contributed by atoms with van der Waals surface area (Å²) in [7, 11) is 0. The maximum Gasteiger partial charge on any atom is 0.242 e. The highest BCUT2D eigenvalue weighted by Gasteiger charge is 2.26. The average Bonchev–Trinajstić information content (AvgIpc) is 3.65. The molecular weight excluding hydrogens is 538 g/mol. The van der Waals surface area contributed by atoms with Crippen molar-refractivity contribution >= 4 is 40.0 Å². The summed E-state index contributed by atoms with van der Waals surface area (Å²) in [5, 5.41) is 11.7. The van der Waals surface area contributed by atoms with Gasteiger partial charge in [-0.25, -0.2) is 9.97 Å². The van der Waals surface area contributed by atoms with Gasteiger partial charge in [0.1, 0.15) is 12.1 Å². The Kier molecular flexibility index (Phi) is 9.37. The van der Waals surface area contributed by atoms with Crippen LogP contribution in [-0.4, -0.2) is 69.3 Å². The predicted octanol–water partition coefficient (Wildman–Crippen LogP) is 3.02. The number of aromatic amines is 1. The Balaban J connectivity index is 1.26. The number of fused-ring (bicyclic) bond motifs is 1. The number of carbonyl (C=O) groups is 3. The van der Waals surface area contributed by atoms with Crippen LogP contribution >= 0.6 is 11.3 Å². The van der Waals surface area contributed by atoms with Gasteiger partial charge >= 0.3 is 0 Å². The van der Waals surface area contributed by atoms with Crippen molar-refractivity contribution in [2.75, 3.05) is 19.6 Å². The first-order chi connectivity index (χ1) is 20.0. The highest BCUT2D eigenvalue weighted by atomic mass is 32.1. The summed E-state index contributed by atoms with van der Waals surface area (Å²) in [5.41, 5.74) is 2.90. The number of carbonyl (C=O) groups excluding carboxylic acids is 3. The first-order valence-corrected chi connectivity index (χ1v) is 14.8. The molecule has 0 radical (unpaired) electrons. The third kappa shape index (κ3) is 7.56. The lowest BCUT2D eigenvalue weighted by Crippen LogP contribution is -2.53. The normalized spacial score (nSPS) is 20.1. The number of nitrogens with zero attached hydrogens (tertiary/aromatic N) is 3. The molecule has 1 aliphatic rings. The van der Waals surface area contributed by atoms with Crippen LogP contribution in [0.4, 0.5) is 0 Å². The summed E-state index contributed by atoms with van der Waals surface area (Å²) in [5.74, 6) is -0.120. The van der Waals surface area contributed by atoms with Crippen LogP contribution in [0.5, 0.6) is 0 Å². The molecule has 1 saturated heterocycles. The smallest absolute Gasteiger partial charge is 0.242 e. The van der Waals surface area contributed by atoms with Crippen molar-refractivity contribution in [3.63, 3.8) is 0 Å². The van der Waals surface area contributed by atoms with Crippen LogP contribution < -0.4 is 16.0 Å². The molecule has 214 valence electrons. The van der Waals surface area contributed by atoms with Crippen molar-refractivity contribution < 1.29 is 14.4 Å². The minimum Gasteiger partial charge on any atom is -0.361 e. The number of benzene rings is 1. The maximum absolute atomic E-state index is 13.3. The highest BCUT2D eigenvalue weighted by molar-refractivity contribution is 7.13. The molecule has 0 bridgehead atoms. The minimum absolute atomic E-state index is 0.191. The quantitative estimate of drug-likeness (QED) is 0.290. The minimum atomic E-state index is -0.777. The molecule has 10 nitrogen and oxygen atoms in total. The molecule has 1 fully saturated rings. The van der Waals surface area contributed by atoms with E-state index in [9.17, 15) is 14.4 Å². The van der Waals surface area contributed by atoms with Gasteiger partial charge in [0.2, 0.25) is 17.7 Å². The van der Waals surface area contributed by atoms with Crippen molar-refractivity contribution in [2.45, 2.75) is 51.2 Å². The molecule has 11 heteroatoms. The number of H-pyrrole nitrogens is 1. The number of hydrogen-bond acceptors (Lipinski definition) is 7. The second kappa shape index (κ2) is 13.5. The molecule has 4 aromatic rings. The van der Waals surface area contributed by atoms with Gasteiger partial charge in [-0.05, 0) is 49.4 Å². The lowest BCUT2D eigenvalue weighted by atomic mass is 10.0. The average molecular weight is 574 g/mol. The molecule has 41 heavy (non-hydrogen) atoms. The lowest BCUT2D eigenvalue weighted by molar-refractivity contribution is -0.131. The number of hydrogen-bond donors (Lipinski definition) is 4. The fourth-order valence-electron chi connectivity index (χ4n) is 5.00. The van der Waals surface area contributed by atoms with E-state index in [1.807, 2.05) is 60.4 Å². The second-order valence-corrected chi connectivity index (χ2v) is 11.3. The summed E-state index contributed by atoms with van der Waals surface area (Å²) in [6, 6.07) is 10.3. The van der Waals surface area contributed by atoms with Gasteiger partial charge in [0.05, 0.1) is 4.88 Å². The third-order valence-corrected chi connectivity index (χ3v) is 8.05. The molecule has 0 aliphatic carbocycles. The van der Waals surface area contributed by atoms with Gasteiger partial charge in [-0.2, -0.15) is 0 Å². The molecule has 1 aromatic carbocycles. The van der Waals surface area contributed by atoms with Crippen LogP contribution in [0.3, 0.4) is 0 Å². The maximum atomic E-state index is 13.3. The van der Waals surface area contributed by atoms with Gasteiger partial charge in [-0.1, -0.05) is 24.3 Å². The van der Waals surface area contributed by atoms with Gasteiger partial charge in [0.25, 0.3) is 0 Å². The second-order valence-electron chi connectivity index (χ2n) is 10.3. The zero-order chi connectivity index (χ0) is 28.6. The lowest BCUT2D eigenvalue weighted by Gasteiger charge is -2.22. The summed E-state index contributed by atoms with van der Waals surface area (Å²) in [6.07, 6.45) is 7.56. The topological polar surface area (TPSA) is 132 Å². The van der Waals surface area contributed by atoms with Gasteiger partial charge in [0.15, 0.2) is 5.82 Å². The van der Waals surface area contributed by atoms with Crippen molar-refractivity contribution in [3.8, 4) is 10.7 Å². The Morgan fingerprint density at radius 2 is 1.78 bits per heavy atom. The molecule has 2 atom stereocenters. The number of aromatic nitrogens is 3. The van der Waals surface area contributed by atoms with Crippen molar-refractivity contribution in [1.82, 2.24) is 35.8 Å². The fraction of sp³-hybridized carbons (Fsp3) is 0.367. The Hall–Kier alpha value is -4.09. The number of rotatable bonds is 5. The molecule has 0 unspecified atom stereocenters. The van der Waals surface area contributed by atoms with Crippen LogP contribution in [-0.2, 0) is 27.3 Å². The third-order valence-electron chi connectivity index (χ3n) is 7.18. The molecule has 1 aliphatic heterocycles. The van der Waals surface area contributed by atoms with E-state index in [0.717, 1.165) is 39.9 Å². The van der Waals surface area contributed by atoms with Gasteiger partial charge in [0, 0.05) is 67.5 Å². The van der Waals surface area contributed by atoms with E-state index in [-0.39, 0.29) is 17.7 Å². The van der Waals surface area contributed by atoms with Crippen LogP contribution in [0.1, 0.15) is 37.3 Å². The van der Waals surface area contributed by atoms with E-state index in [1.165, 1.54) is 0 Å². The monoisotopic (exact) mass is 573 g/mol. The van der Waals surface area contributed by atoms with E-state index in [0.29, 0.717) is 44.7 Å². The van der Waals surface area contributed by atoms with Gasteiger partial charge in [-0.15, -0.1) is 11.3 Å². The van der Waals surface area contributed by atoms with Crippen molar-refractivity contribution in [2.24, 2.45) is 0 Å². The molecule has 4 N–H and O–H groups in total. The van der Waals surface area contributed by atoms with Gasteiger partial charge < -0.3 is 20.9 Å². The summed E-state index contributed by atoms with van der Waals surface area (Å²) < 4.78 is 0. The summed E-state index contributed by atoms with van der Waals surface area (Å²) >= 11 is 1.60. The van der Waals surface area contributed by atoms with E-state index in [1.54, 1.807) is 18.3 Å². The summed E-state index contributed by atoms with van der Waals surface area (Å²) in [6.45, 7) is 4.16. The standard InChI is InChI=1S/C30H35N7O3S/c1-20-29(39)36-25(15-22-18-32-24-8-3-2-7-23(22)24)30(40)31-11-6-13-37(12-4-10-27(38)35-20)19-21-16-33-28(34-17-21)26-9-5-14-41-26/h2-3,5,7-9,14,16-18,20,25,32H,4,6,10-13,15,19H2,1H3,(H,31,40)(H,35,38)(H,36,39)/t20-,25+/m0/s1. The highest BCUT2D eigenvalue weighted by Crippen LogP contribution is 2.21. The first-order valence-electron chi connectivity index (χ1n) is 14.0. The van der Waals surface area contributed by atoms with Crippen LogP contribution in [0.15, 0.2) is 60.4 Å². The Morgan fingerprint density at radius 3 is 2.59 bits per heavy atom. The van der Waals surface area contributed by atoms with E-state index < -0.39 is 12.1 Å². The number of para-hydroxylation sites is 1. The van der Waals surface area contributed by atoms with Gasteiger partial charge in [-0.3, -0.25) is 19.3 Å². The molecular formula is C30H35N7O3S. The predicted molar refractivity (Wildman–Crippen MR) is 159 cm³/mol. The Labute approximate surface area is 243 Å². The largest absolute Gasteiger partial charge is 0.361 e. The number of thiophene rings is 1. The van der Waals surface area contributed by atoms with Crippen molar-refractivity contribution in [3.05, 3.63) is 71.5 Å². The van der Waals surface area contributed by atoms with E-state index >= 15 is 0 Å². The zero-order valence-corrected chi connectivity index (χ0v) is 23.9. The van der Waals surface area contributed by atoms with E-state index in [2.05, 4.69) is 35.8 Å². The Bertz CT molecular complexity index is 1470. The molecule has 3 aromatic heterocycles. The van der Waals surface area contributed by atoms with Crippen LogP contribution in [0.2, 0.25) is 0 Å². The number of nitrogens with one attached hydrogen (secondary N) is 4. The fourth-order valence-corrected chi connectivity index (χ4v) is 5.68. The summed E-state index contributed by atoms with van der Waals surface area (Å²) in [4.78, 5) is 54.4. The van der Waals surface area contributed by atoms with Crippen molar-refractivity contribution in [1.29, 1.82) is 0 Å². The number of amides is 3. The van der Waals surface area contributed by atoms with Crippen LogP contribution in [0, 0.1) is 0 Å². The molecule has 0 spiro atoms. The molecule has 5 rings (SSSR count). The Morgan fingerprint density at radius 1 is 0.976 bits per heavy atom.